The zero-order chi connectivity index (χ0) is 20.7. The van der Waals surface area contributed by atoms with Crippen molar-refractivity contribution in [1.82, 2.24) is 19.5 Å². The largest absolute Gasteiger partial charge is 0.340 e. The molecule has 1 N–H and O–H groups in total. The first-order chi connectivity index (χ1) is 14.6. The molecule has 0 saturated carbocycles. The van der Waals surface area contributed by atoms with Gasteiger partial charge in [-0.2, -0.15) is 0 Å². The van der Waals surface area contributed by atoms with E-state index < -0.39 is 0 Å². The maximum atomic E-state index is 5.04. The minimum Gasteiger partial charge on any atom is -0.340 e. The Morgan fingerprint density at radius 3 is 2.33 bits per heavy atom. The van der Waals surface area contributed by atoms with E-state index in [-0.39, 0.29) is 6.04 Å². The lowest BCUT2D eigenvalue weighted by molar-refractivity contribution is 0.448. The maximum Gasteiger partial charge on any atom is 0.142 e. The van der Waals surface area contributed by atoms with Gasteiger partial charge in [-0.3, -0.25) is 0 Å². The Morgan fingerprint density at radius 1 is 0.867 bits per heavy atom. The maximum absolute atomic E-state index is 5.04. The van der Waals surface area contributed by atoms with E-state index in [9.17, 15) is 0 Å². The molecule has 5 aromatic rings. The molecule has 3 aromatic carbocycles. The number of hydrogen-bond donors (Lipinski definition) is 1. The number of benzene rings is 3. The van der Waals surface area contributed by atoms with E-state index in [0.29, 0.717) is 5.92 Å². The molecule has 2 heterocycles. The van der Waals surface area contributed by atoms with Crippen LogP contribution in [-0.4, -0.2) is 19.5 Å². The second-order valence-corrected chi connectivity index (χ2v) is 8.91. The number of imidazole rings is 2. The summed E-state index contributed by atoms with van der Waals surface area (Å²) in [7, 11) is 0. The van der Waals surface area contributed by atoms with Gasteiger partial charge in [-0.25, -0.2) is 9.97 Å². The van der Waals surface area contributed by atoms with Gasteiger partial charge in [0.05, 0.1) is 28.1 Å². The minimum atomic E-state index is 0.0481. The number of aromatic nitrogens is 4. The number of aromatic amines is 1. The van der Waals surface area contributed by atoms with Crippen LogP contribution in [0.3, 0.4) is 0 Å². The number of halogens is 1. The molecular formula is C25H23BrN4. The monoisotopic (exact) mass is 458 g/mol. The van der Waals surface area contributed by atoms with Crippen molar-refractivity contribution >= 4 is 38.0 Å². The molecule has 5 heteroatoms. The van der Waals surface area contributed by atoms with Gasteiger partial charge in [0.25, 0.3) is 0 Å². The van der Waals surface area contributed by atoms with E-state index in [1.54, 1.807) is 0 Å². The van der Waals surface area contributed by atoms with Crippen molar-refractivity contribution in [1.29, 1.82) is 0 Å². The fourth-order valence-electron chi connectivity index (χ4n) is 4.11. The summed E-state index contributed by atoms with van der Waals surface area (Å²) in [6, 6.07) is 24.9. The third kappa shape index (κ3) is 3.33. The van der Waals surface area contributed by atoms with Gasteiger partial charge in [0, 0.05) is 10.0 Å². The molecule has 30 heavy (non-hydrogen) atoms. The molecule has 1 unspecified atom stereocenters. The minimum absolute atomic E-state index is 0.0481. The smallest absolute Gasteiger partial charge is 0.142 e. The number of para-hydroxylation sites is 4. The first kappa shape index (κ1) is 19.1. The summed E-state index contributed by atoms with van der Waals surface area (Å²) in [5.41, 5.74) is 5.25. The molecule has 0 radical (unpaired) electrons. The van der Waals surface area contributed by atoms with Crippen molar-refractivity contribution in [3.8, 4) is 11.4 Å². The van der Waals surface area contributed by atoms with E-state index in [4.69, 9.17) is 9.97 Å². The molecule has 0 bridgehead atoms. The second-order valence-electron chi connectivity index (χ2n) is 8.06. The summed E-state index contributed by atoms with van der Waals surface area (Å²) in [5.74, 6) is 2.42. The number of hydrogen-bond acceptors (Lipinski definition) is 2. The molecule has 0 saturated heterocycles. The molecule has 150 valence electrons. The fraction of sp³-hybridized carbons (Fsp3) is 0.200. The molecule has 4 nitrogen and oxygen atoms in total. The molecule has 0 spiro atoms. The van der Waals surface area contributed by atoms with E-state index in [0.717, 1.165) is 50.2 Å². The van der Waals surface area contributed by atoms with Crippen LogP contribution in [0.5, 0.6) is 0 Å². The number of nitrogens with zero attached hydrogens (tertiary/aromatic N) is 3. The van der Waals surface area contributed by atoms with Gasteiger partial charge in [-0.1, -0.05) is 72.2 Å². The molecule has 1 atom stereocenters. The van der Waals surface area contributed by atoms with Gasteiger partial charge >= 0.3 is 0 Å². The fourth-order valence-corrected chi connectivity index (χ4v) is 4.57. The lowest BCUT2D eigenvalue weighted by Crippen LogP contribution is -2.16. The van der Waals surface area contributed by atoms with Gasteiger partial charge in [-0.15, -0.1) is 0 Å². The topological polar surface area (TPSA) is 46.5 Å². The van der Waals surface area contributed by atoms with E-state index in [1.807, 2.05) is 24.3 Å². The Bertz CT molecular complexity index is 1300. The van der Waals surface area contributed by atoms with Crippen molar-refractivity contribution in [3.63, 3.8) is 0 Å². The third-order valence-corrected chi connectivity index (χ3v) is 6.13. The summed E-state index contributed by atoms with van der Waals surface area (Å²) < 4.78 is 3.39. The highest BCUT2D eigenvalue weighted by atomic mass is 79.9. The summed E-state index contributed by atoms with van der Waals surface area (Å²) >= 11 is 3.73. The van der Waals surface area contributed by atoms with Crippen molar-refractivity contribution in [2.75, 3.05) is 0 Å². The first-order valence-corrected chi connectivity index (χ1v) is 11.1. The zero-order valence-corrected chi connectivity index (χ0v) is 18.6. The van der Waals surface area contributed by atoms with Crippen LogP contribution in [0.1, 0.15) is 32.1 Å². The Hall–Kier alpha value is -2.92. The molecule has 0 aliphatic heterocycles. The SMILES string of the molecule is CC(C)CC(c1nc2ccccc2[nH]1)n1c(-c2ccccc2Br)nc2ccccc21. The lowest BCUT2D eigenvalue weighted by Gasteiger charge is -2.22. The van der Waals surface area contributed by atoms with Gasteiger partial charge in [-0.05, 0) is 42.7 Å². The highest BCUT2D eigenvalue weighted by Crippen LogP contribution is 2.37. The molecule has 5 rings (SSSR count). The Morgan fingerprint density at radius 2 is 1.57 bits per heavy atom. The van der Waals surface area contributed by atoms with E-state index in [1.165, 1.54) is 0 Å². The molecular weight excluding hydrogens is 436 g/mol. The van der Waals surface area contributed by atoms with Crippen molar-refractivity contribution in [2.24, 2.45) is 5.92 Å². The van der Waals surface area contributed by atoms with Crippen molar-refractivity contribution in [3.05, 3.63) is 83.1 Å². The van der Waals surface area contributed by atoms with Crippen LogP contribution in [0, 0.1) is 5.92 Å². The standard InChI is InChI=1S/C25H23BrN4/c1-16(2)15-23(24-27-19-11-5-6-12-20(19)28-24)30-22-14-8-7-13-21(22)29-25(30)17-9-3-4-10-18(17)26/h3-14,16,23H,15H2,1-2H3,(H,27,28). The highest BCUT2D eigenvalue weighted by Gasteiger charge is 2.26. The molecule has 0 aliphatic rings. The van der Waals surface area contributed by atoms with Gasteiger partial charge in [0.2, 0.25) is 0 Å². The highest BCUT2D eigenvalue weighted by molar-refractivity contribution is 9.10. The van der Waals surface area contributed by atoms with Crippen molar-refractivity contribution in [2.45, 2.75) is 26.3 Å². The van der Waals surface area contributed by atoms with Gasteiger partial charge in [0.1, 0.15) is 11.6 Å². The Kier molecular flexibility index (Phi) is 4.91. The first-order valence-electron chi connectivity index (χ1n) is 10.3. The predicted octanol–water partition coefficient (Wildman–Crippen LogP) is 6.98. The summed E-state index contributed by atoms with van der Waals surface area (Å²) in [5, 5.41) is 0. The Labute approximate surface area is 184 Å². The van der Waals surface area contributed by atoms with E-state index >= 15 is 0 Å². The number of rotatable bonds is 5. The van der Waals surface area contributed by atoms with Crippen LogP contribution in [0.15, 0.2) is 77.3 Å². The normalized spacial score (nSPS) is 12.8. The average molecular weight is 459 g/mol. The van der Waals surface area contributed by atoms with Crippen LogP contribution < -0.4 is 0 Å². The zero-order valence-electron chi connectivity index (χ0n) is 17.0. The summed E-state index contributed by atoms with van der Waals surface area (Å²) in [4.78, 5) is 13.6. The molecule has 0 aliphatic carbocycles. The van der Waals surface area contributed by atoms with Crippen molar-refractivity contribution < 1.29 is 0 Å². The predicted molar refractivity (Wildman–Crippen MR) is 127 cm³/mol. The molecule has 0 fully saturated rings. The number of fused-ring (bicyclic) bond motifs is 2. The second kappa shape index (κ2) is 7.73. The van der Waals surface area contributed by atoms with Gasteiger partial charge in [0.15, 0.2) is 0 Å². The summed E-state index contributed by atoms with van der Waals surface area (Å²) in [6.45, 7) is 4.51. The molecule has 0 amide bonds. The average Bonchev–Trinajstić information content (AvgIpc) is 3.34. The quantitative estimate of drug-likeness (QED) is 0.308. The lowest BCUT2D eigenvalue weighted by atomic mass is 10.0. The van der Waals surface area contributed by atoms with Crippen LogP contribution in [-0.2, 0) is 0 Å². The number of H-pyrrole nitrogens is 1. The van der Waals surface area contributed by atoms with Crippen LogP contribution in [0.4, 0.5) is 0 Å². The summed E-state index contributed by atoms with van der Waals surface area (Å²) in [6.07, 6.45) is 0.956. The molecule has 2 aromatic heterocycles. The van der Waals surface area contributed by atoms with Crippen LogP contribution in [0.25, 0.3) is 33.5 Å². The number of nitrogens with one attached hydrogen (secondary N) is 1. The van der Waals surface area contributed by atoms with Crippen LogP contribution in [0.2, 0.25) is 0 Å². The van der Waals surface area contributed by atoms with Crippen LogP contribution >= 0.6 is 15.9 Å². The van der Waals surface area contributed by atoms with Gasteiger partial charge < -0.3 is 9.55 Å². The van der Waals surface area contributed by atoms with E-state index in [2.05, 4.69) is 87.9 Å². The third-order valence-electron chi connectivity index (χ3n) is 5.44. The Balaban J connectivity index is 1.79.